The number of nitrogens with zero attached hydrogens (tertiary/aromatic N) is 4. The summed E-state index contributed by atoms with van der Waals surface area (Å²) in [6.45, 7) is 6.07. The van der Waals surface area contributed by atoms with E-state index in [0.29, 0.717) is 35.6 Å². The number of aryl methyl sites for hydroxylation is 2. The van der Waals surface area contributed by atoms with Gasteiger partial charge in [0.05, 0.1) is 16.0 Å². The third-order valence-corrected chi connectivity index (χ3v) is 7.27. The third kappa shape index (κ3) is 3.81. The van der Waals surface area contributed by atoms with Crippen molar-refractivity contribution in [3.63, 3.8) is 0 Å². The van der Waals surface area contributed by atoms with Crippen molar-refractivity contribution in [3.8, 4) is 6.07 Å². The van der Waals surface area contributed by atoms with E-state index in [1.165, 1.54) is 10.4 Å². The molecule has 152 valence electrons. The average molecular weight is 414 g/mol. The molecule has 3 rings (SSSR count). The topological polar surface area (TPSA) is 115 Å². The second-order valence-electron chi connectivity index (χ2n) is 7.13. The molecule has 1 N–H and O–H groups in total. The number of aromatic nitrogens is 1. The largest absolute Gasteiger partial charge is 0.478 e. The van der Waals surface area contributed by atoms with E-state index in [1.54, 1.807) is 45.2 Å². The Hall–Kier alpha value is -2.96. The number of piperazine rings is 1. The van der Waals surface area contributed by atoms with Crippen LogP contribution in [0.2, 0.25) is 0 Å². The van der Waals surface area contributed by atoms with Gasteiger partial charge in [-0.15, -0.1) is 0 Å². The van der Waals surface area contributed by atoms with Crippen molar-refractivity contribution < 1.29 is 18.3 Å². The van der Waals surface area contributed by atoms with E-state index < -0.39 is 16.0 Å². The van der Waals surface area contributed by atoms with Crippen molar-refractivity contribution in [2.75, 3.05) is 24.5 Å². The molecule has 1 saturated heterocycles. The first-order valence-corrected chi connectivity index (χ1v) is 10.6. The molecule has 29 heavy (non-hydrogen) atoms. The summed E-state index contributed by atoms with van der Waals surface area (Å²) in [5.74, 6) is -0.616. The monoisotopic (exact) mass is 414 g/mol. The number of sulfonamides is 1. The smallest absolute Gasteiger partial charge is 0.335 e. The van der Waals surface area contributed by atoms with Gasteiger partial charge in [0, 0.05) is 31.9 Å². The lowest BCUT2D eigenvalue weighted by molar-refractivity contribution is 0.0696. The van der Waals surface area contributed by atoms with Crippen LogP contribution in [0.1, 0.15) is 34.0 Å². The molecule has 0 bridgehead atoms. The Morgan fingerprint density at radius 3 is 2.62 bits per heavy atom. The average Bonchev–Trinajstić information content (AvgIpc) is 2.67. The maximum absolute atomic E-state index is 13.3. The third-order valence-electron chi connectivity index (χ3n) is 5.11. The first-order valence-electron chi connectivity index (χ1n) is 9.13. The molecule has 1 fully saturated rings. The molecule has 1 aliphatic heterocycles. The molecule has 9 heteroatoms. The van der Waals surface area contributed by atoms with E-state index in [2.05, 4.69) is 11.1 Å². The molecule has 8 nitrogen and oxygen atoms in total. The van der Waals surface area contributed by atoms with Crippen LogP contribution < -0.4 is 4.90 Å². The summed E-state index contributed by atoms with van der Waals surface area (Å²) in [6, 6.07) is 7.93. The normalized spacial score (nSPS) is 17.7. The highest BCUT2D eigenvalue weighted by atomic mass is 32.2. The number of carboxylic acid groups (broad SMARTS) is 1. The zero-order valence-corrected chi connectivity index (χ0v) is 17.3. The molecular weight excluding hydrogens is 392 g/mol. The molecule has 2 aromatic rings. The van der Waals surface area contributed by atoms with E-state index >= 15 is 0 Å². The number of hydrogen-bond acceptors (Lipinski definition) is 6. The number of hydrogen-bond donors (Lipinski definition) is 1. The lowest BCUT2D eigenvalue weighted by Gasteiger charge is -2.39. The van der Waals surface area contributed by atoms with Crippen molar-refractivity contribution in [2.45, 2.75) is 31.7 Å². The van der Waals surface area contributed by atoms with E-state index in [1.807, 2.05) is 4.90 Å². The minimum atomic E-state index is -3.88. The minimum Gasteiger partial charge on any atom is -0.478 e. The molecule has 0 amide bonds. The highest BCUT2D eigenvalue weighted by Gasteiger charge is 2.36. The van der Waals surface area contributed by atoms with E-state index in [4.69, 9.17) is 0 Å². The van der Waals surface area contributed by atoms with Crippen LogP contribution in [0.5, 0.6) is 0 Å². The summed E-state index contributed by atoms with van der Waals surface area (Å²) in [6.07, 6.45) is 1.60. The quantitative estimate of drug-likeness (QED) is 0.815. The van der Waals surface area contributed by atoms with Crippen molar-refractivity contribution in [1.82, 2.24) is 9.29 Å². The number of rotatable bonds is 4. The van der Waals surface area contributed by atoms with Gasteiger partial charge in [0.1, 0.15) is 11.9 Å². The Morgan fingerprint density at radius 1 is 1.28 bits per heavy atom. The summed E-state index contributed by atoms with van der Waals surface area (Å²) in [5, 5.41) is 18.7. The van der Waals surface area contributed by atoms with Crippen LogP contribution in [0.15, 0.2) is 35.4 Å². The highest BCUT2D eigenvalue weighted by Crippen LogP contribution is 2.28. The highest BCUT2D eigenvalue weighted by molar-refractivity contribution is 7.89. The number of aromatic carboxylic acids is 1. The van der Waals surface area contributed by atoms with Crippen LogP contribution in [0, 0.1) is 25.2 Å². The predicted octanol–water partition coefficient (Wildman–Crippen LogP) is 2.17. The molecular formula is C20H22N4O4S. The fraction of sp³-hybridized carbons (Fsp3) is 0.350. The zero-order valence-electron chi connectivity index (χ0n) is 16.5. The van der Waals surface area contributed by atoms with Gasteiger partial charge in [0.15, 0.2) is 0 Å². The second-order valence-corrected chi connectivity index (χ2v) is 8.99. The first kappa shape index (κ1) is 20.8. The van der Waals surface area contributed by atoms with Gasteiger partial charge in [0.25, 0.3) is 0 Å². The van der Waals surface area contributed by atoms with Gasteiger partial charge in [-0.1, -0.05) is 6.07 Å². The van der Waals surface area contributed by atoms with Crippen molar-refractivity contribution in [2.24, 2.45) is 0 Å². The Bertz CT molecular complexity index is 1110. The number of anilines is 1. The number of pyridine rings is 1. The predicted molar refractivity (Wildman–Crippen MR) is 107 cm³/mol. The molecule has 1 atom stereocenters. The van der Waals surface area contributed by atoms with Crippen LogP contribution in [0.25, 0.3) is 0 Å². The second kappa shape index (κ2) is 7.81. The summed E-state index contributed by atoms with van der Waals surface area (Å²) >= 11 is 0. The molecule has 0 saturated carbocycles. The summed E-state index contributed by atoms with van der Waals surface area (Å²) in [4.78, 5) is 17.7. The van der Waals surface area contributed by atoms with Gasteiger partial charge in [-0.05, 0) is 50.1 Å². The van der Waals surface area contributed by atoms with Crippen LogP contribution in [-0.2, 0) is 10.0 Å². The Labute approximate surface area is 170 Å². The zero-order chi connectivity index (χ0) is 21.3. The van der Waals surface area contributed by atoms with Gasteiger partial charge in [-0.2, -0.15) is 9.57 Å². The summed E-state index contributed by atoms with van der Waals surface area (Å²) in [5.41, 5.74) is 1.45. The molecule has 1 aliphatic rings. The van der Waals surface area contributed by atoms with Crippen LogP contribution in [-0.4, -0.2) is 54.5 Å². The fourth-order valence-corrected chi connectivity index (χ4v) is 5.54. The Morgan fingerprint density at radius 2 is 2.00 bits per heavy atom. The number of carboxylic acids is 1. The van der Waals surface area contributed by atoms with Crippen LogP contribution in [0.3, 0.4) is 0 Å². The molecule has 0 unspecified atom stereocenters. The fourth-order valence-electron chi connectivity index (χ4n) is 3.69. The Kier molecular flexibility index (Phi) is 5.59. The summed E-state index contributed by atoms with van der Waals surface area (Å²) < 4.78 is 28.0. The van der Waals surface area contributed by atoms with E-state index in [0.717, 1.165) is 0 Å². The SMILES string of the molecule is Cc1cc(C)c(S(=O)(=O)N2CCN(c3ncccc3C#N)C[C@@H]2C)cc1C(=O)O. The maximum Gasteiger partial charge on any atom is 0.335 e. The molecule has 2 heterocycles. The first-order chi connectivity index (χ1) is 13.7. The standard InChI is InChI=1S/C20H22N4O4S/c1-13-9-14(2)18(10-17(13)20(25)26)29(27,28)24-8-7-23(12-15(24)3)19-16(11-21)5-4-6-22-19/h4-6,9-10,15H,7-8,12H2,1-3H3,(H,25,26)/t15-/m0/s1. The van der Waals surface area contributed by atoms with Crippen LogP contribution >= 0.6 is 0 Å². The lowest BCUT2D eigenvalue weighted by atomic mass is 10.1. The molecule has 0 spiro atoms. The number of carbonyl (C=O) groups is 1. The molecule has 1 aromatic carbocycles. The molecule has 1 aromatic heterocycles. The van der Waals surface area contributed by atoms with Gasteiger partial charge in [-0.25, -0.2) is 18.2 Å². The van der Waals surface area contributed by atoms with Crippen molar-refractivity contribution in [3.05, 3.63) is 52.7 Å². The maximum atomic E-state index is 13.3. The van der Waals surface area contributed by atoms with Gasteiger partial charge < -0.3 is 10.0 Å². The lowest BCUT2D eigenvalue weighted by Crippen LogP contribution is -2.54. The summed E-state index contributed by atoms with van der Waals surface area (Å²) in [7, 11) is -3.88. The number of nitriles is 1. The van der Waals surface area contributed by atoms with Gasteiger partial charge >= 0.3 is 5.97 Å². The van der Waals surface area contributed by atoms with Gasteiger partial charge in [0.2, 0.25) is 10.0 Å². The Balaban J connectivity index is 1.92. The molecule has 0 radical (unpaired) electrons. The minimum absolute atomic E-state index is 0.0105. The van der Waals surface area contributed by atoms with Gasteiger partial charge in [-0.3, -0.25) is 0 Å². The number of benzene rings is 1. The molecule has 0 aliphatic carbocycles. The van der Waals surface area contributed by atoms with Crippen molar-refractivity contribution >= 4 is 21.8 Å². The van der Waals surface area contributed by atoms with E-state index in [-0.39, 0.29) is 23.0 Å². The van der Waals surface area contributed by atoms with E-state index in [9.17, 15) is 23.6 Å². The van der Waals surface area contributed by atoms with Crippen molar-refractivity contribution in [1.29, 1.82) is 5.26 Å². The van der Waals surface area contributed by atoms with Crippen LogP contribution in [0.4, 0.5) is 5.82 Å².